The lowest BCUT2D eigenvalue weighted by atomic mass is 9.95. The van der Waals surface area contributed by atoms with E-state index < -0.39 is 0 Å². The third-order valence-corrected chi connectivity index (χ3v) is 4.55. The van der Waals surface area contributed by atoms with Crippen LogP contribution in [0.2, 0.25) is 5.02 Å². The second kappa shape index (κ2) is 6.62. The van der Waals surface area contributed by atoms with Gasteiger partial charge in [-0.3, -0.25) is 9.78 Å². The van der Waals surface area contributed by atoms with Crippen LogP contribution in [0, 0.1) is 5.92 Å². The van der Waals surface area contributed by atoms with Crippen LogP contribution in [0.3, 0.4) is 0 Å². The number of halogens is 1. The number of morpholine rings is 1. The lowest BCUT2D eigenvalue weighted by Gasteiger charge is -2.36. The largest absolute Gasteiger partial charge is 0.378 e. The van der Waals surface area contributed by atoms with E-state index in [1.807, 2.05) is 11.0 Å². The maximum Gasteiger partial charge on any atom is 0.225 e. The molecule has 0 unspecified atom stereocenters. The zero-order chi connectivity index (χ0) is 14.7. The van der Waals surface area contributed by atoms with Crippen LogP contribution in [0.25, 0.3) is 0 Å². The normalized spacial score (nSPS) is 20.6. The van der Waals surface area contributed by atoms with Crippen molar-refractivity contribution in [2.24, 2.45) is 5.92 Å². The summed E-state index contributed by atoms with van der Waals surface area (Å²) in [5, 5.41) is 0.676. The molecule has 0 aliphatic carbocycles. The van der Waals surface area contributed by atoms with E-state index in [1.165, 1.54) is 0 Å². The summed E-state index contributed by atoms with van der Waals surface area (Å²) in [6.07, 6.45) is 5.19. The molecule has 0 spiro atoms. The molecule has 2 aliphatic rings. The first-order valence-electron chi connectivity index (χ1n) is 7.46. The molecule has 0 bridgehead atoms. The van der Waals surface area contributed by atoms with Crippen molar-refractivity contribution in [2.75, 3.05) is 44.3 Å². The van der Waals surface area contributed by atoms with Gasteiger partial charge >= 0.3 is 0 Å². The smallest absolute Gasteiger partial charge is 0.225 e. The summed E-state index contributed by atoms with van der Waals surface area (Å²) in [6.45, 7) is 4.52. The molecule has 0 atom stereocenters. The van der Waals surface area contributed by atoms with E-state index in [4.69, 9.17) is 16.3 Å². The predicted octanol–water partition coefficient (Wildman–Crippen LogP) is 1.81. The molecule has 1 aromatic heterocycles. The van der Waals surface area contributed by atoms with Gasteiger partial charge in [0.1, 0.15) is 0 Å². The zero-order valence-corrected chi connectivity index (χ0v) is 12.8. The maximum absolute atomic E-state index is 12.5. The number of ether oxygens (including phenoxy) is 1. The number of pyridine rings is 1. The fourth-order valence-electron chi connectivity index (χ4n) is 3.03. The Hall–Kier alpha value is -1.33. The van der Waals surface area contributed by atoms with E-state index in [1.54, 1.807) is 12.4 Å². The molecule has 21 heavy (non-hydrogen) atoms. The fraction of sp³-hybridized carbons (Fsp3) is 0.600. The number of rotatable bonds is 2. The summed E-state index contributed by atoms with van der Waals surface area (Å²) in [5.74, 6) is 0.429. The second-order valence-electron chi connectivity index (χ2n) is 5.53. The molecule has 114 valence electrons. The molecule has 0 aromatic carbocycles. The van der Waals surface area contributed by atoms with E-state index in [0.29, 0.717) is 24.1 Å². The molecule has 3 heterocycles. The summed E-state index contributed by atoms with van der Waals surface area (Å²) in [7, 11) is 0. The van der Waals surface area contributed by atoms with Crippen LogP contribution >= 0.6 is 11.6 Å². The Morgan fingerprint density at radius 3 is 2.62 bits per heavy atom. The minimum atomic E-state index is 0.139. The number of nitrogens with zero attached hydrogens (tertiary/aromatic N) is 3. The van der Waals surface area contributed by atoms with Gasteiger partial charge in [0.05, 0.1) is 23.9 Å². The lowest BCUT2D eigenvalue weighted by molar-refractivity contribution is -0.140. The molecular formula is C15H20ClN3O2. The third-order valence-electron chi connectivity index (χ3n) is 4.26. The van der Waals surface area contributed by atoms with Crippen LogP contribution in [0.4, 0.5) is 5.69 Å². The van der Waals surface area contributed by atoms with Crippen molar-refractivity contribution in [1.82, 2.24) is 9.88 Å². The molecule has 5 nitrogen and oxygen atoms in total. The monoisotopic (exact) mass is 309 g/mol. The van der Waals surface area contributed by atoms with Gasteiger partial charge in [0.25, 0.3) is 0 Å². The minimum absolute atomic E-state index is 0.139. The van der Waals surface area contributed by atoms with Gasteiger partial charge in [0.2, 0.25) is 5.91 Å². The van der Waals surface area contributed by atoms with Crippen molar-refractivity contribution in [3.63, 3.8) is 0 Å². The molecule has 0 radical (unpaired) electrons. The molecule has 1 amide bonds. The van der Waals surface area contributed by atoms with Crippen molar-refractivity contribution in [3.8, 4) is 0 Å². The number of carbonyl (C=O) groups is 1. The average molecular weight is 310 g/mol. The average Bonchev–Trinajstić information content (AvgIpc) is 2.56. The van der Waals surface area contributed by atoms with Crippen LogP contribution in [-0.4, -0.2) is 55.2 Å². The van der Waals surface area contributed by atoms with Gasteiger partial charge < -0.3 is 14.5 Å². The van der Waals surface area contributed by atoms with Gasteiger partial charge in [-0.1, -0.05) is 11.6 Å². The van der Waals surface area contributed by atoms with Crippen LogP contribution in [0.15, 0.2) is 18.5 Å². The van der Waals surface area contributed by atoms with Crippen LogP contribution in [-0.2, 0) is 9.53 Å². The number of carbonyl (C=O) groups excluding carboxylic acids is 1. The summed E-state index contributed by atoms with van der Waals surface area (Å²) in [4.78, 5) is 20.7. The predicted molar refractivity (Wildman–Crippen MR) is 81.6 cm³/mol. The Bertz CT molecular complexity index is 497. The van der Waals surface area contributed by atoms with E-state index >= 15 is 0 Å². The van der Waals surface area contributed by atoms with Gasteiger partial charge in [-0.15, -0.1) is 0 Å². The second-order valence-corrected chi connectivity index (χ2v) is 5.93. The zero-order valence-electron chi connectivity index (χ0n) is 12.0. The molecule has 2 aliphatic heterocycles. The molecular weight excluding hydrogens is 290 g/mol. The molecule has 0 saturated carbocycles. The highest BCUT2D eigenvalue weighted by molar-refractivity contribution is 6.33. The van der Waals surface area contributed by atoms with E-state index in [-0.39, 0.29) is 5.92 Å². The van der Waals surface area contributed by atoms with Crippen molar-refractivity contribution >= 4 is 23.2 Å². The molecule has 2 fully saturated rings. The first-order chi connectivity index (χ1) is 10.3. The Morgan fingerprint density at radius 2 is 1.95 bits per heavy atom. The maximum atomic E-state index is 12.5. The van der Waals surface area contributed by atoms with Crippen molar-refractivity contribution in [1.29, 1.82) is 0 Å². The van der Waals surface area contributed by atoms with Crippen molar-refractivity contribution < 1.29 is 9.53 Å². The van der Waals surface area contributed by atoms with Crippen molar-refractivity contribution in [2.45, 2.75) is 12.8 Å². The molecule has 2 saturated heterocycles. The number of hydrogen-bond acceptors (Lipinski definition) is 4. The number of anilines is 1. The lowest BCUT2D eigenvalue weighted by Crippen LogP contribution is -2.46. The highest BCUT2D eigenvalue weighted by Gasteiger charge is 2.29. The standard InChI is InChI=1S/C15H20ClN3O2/c16-13-11-17-4-1-14(13)18-5-2-12(3-6-18)15(20)19-7-9-21-10-8-19/h1,4,11-12H,2-3,5-10H2. The molecule has 6 heteroatoms. The summed E-state index contributed by atoms with van der Waals surface area (Å²) in [5.41, 5.74) is 1.02. The highest BCUT2D eigenvalue weighted by atomic mass is 35.5. The third kappa shape index (κ3) is 3.30. The quantitative estimate of drug-likeness (QED) is 0.836. The number of aromatic nitrogens is 1. The van der Waals surface area contributed by atoms with Crippen LogP contribution in [0.1, 0.15) is 12.8 Å². The van der Waals surface area contributed by atoms with Gasteiger partial charge in [0.15, 0.2) is 0 Å². The highest BCUT2D eigenvalue weighted by Crippen LogP contribution is 2.29. The van der Waals surface area contributed by atoms with Gasteiger partial charge in [-0.25, -0.2) is 0 Å². The van der Waals surface area contributed by atoms with Crippen LogP contribution in [0.5, 0.6) is 0 Å². The Balaban J connectivity index is 1.57. The van der Waals surface area contributed by atoms with E-state index in [9.17, 15) is 4.79 Å². The van der Waals surface area contributed by atoms with Gasteiger partial charge in [-0.05, 0) is 18.9 Å². The van der Waals surface area contributed by atoms with Gasteiger partial charge in [-0.2, -0.15) is 0 Å². The number of piperidine rings is 1. The van der Waals surface area contributed by atoms with E-state index in [2.05, 4.69) is 9.88 Å². The SMILES string of the molecule is O=C(C1CCN(c2ccncc2Cl)CC1)N1CCOCC1. The van der Waals surface area contributed by atoms with Gasteiger partial charge in [0, 0.05) is 44.5 Å². The Labute approximate surface area is 129 Å². The first kappa shape index (κ1) is 14.6. The Kier molecular flexibility index (Phi) is 4.60. The Morgan fingerprint density at radius 1 is 1.24 bits per heavy atom. The van der Waals surface area contributed by atoms with Crippen LogP contribution < -0.4 is 4.90 Å². The minimum Gasteiger partial charge on any atom is -0.378 e. The van der Waals surface area contributed by atoms with Crippen molar-refractivity contribution in [3.05, 3.63) is 23.5 Å². The summed E-state index contributed by atoms with van der Waals surface area (Å²) < 4.78 is 5.30. The summed E-state index contributed by atoms with van der Waals surface area (Å²) >= 11 is 6.19. The topological polar surface area (TPSA) is 45.7 Å². The molecule has 1 aromatic rings. The summed E-state index contributed by atoms with van der Waals surface area (Å²) in [6, 6.07) is 1.94. The first-order valence-corrected chi connectivity index (χ1v) is 7.84. The fourth-order valence-corrected chi connectivity index (χ4v) is 3.27. The number of hydrogen-bond donors (Lipinski definition) is 0. The number of amides is 1. The molecule has 0 N–H and O–H groups in total. The molecule has 3 rings (SSSR count). The van der Waals surface area contributed by atoms with E-state index in [0.717, 1.165) is 44.7 Å².